The number of rotatable bonds is 6. The Bertz CT molecular complexity index is 956. The molecule has 1 aromatic heterocycles. The lowest BCUT2D eigenvalue weighted by Gasteiger charge is -2.15. The number of halogens is 1. The molecule has 3 aromatic rings. The van der Waals surface area contributed by atoms with Crippen molar-refractivity contribution in [2.45, 2.75) is 19.0 Å². The van der Waals surface area contributed by atoms with Crippen LogP contribution in [0, 0.1) is 6.92 Å². The summed E-state index contributed by atoms with van der Waals surface area (Å²) in [5, 5.41) is 1.77. The van der Waals surface area contributed by atoms with Gasteiger partial charge in [0.25, 0.3) is 5.56 Å². The van der Waals surface area contributed by atoms with Gasteiger partial charge in [-0.1, -0.05) is 41.6 Å². The fourth-order valence-electron chi connectivity index (χ4n) is 2.60. The Balaban J connectivity index is 2.17. The van der Waals surface area contributed by atoms with Gasteiger partial charge in [-0.3, -0.25) is 9.36 Å². The molecule has 1 heterocycles. The Hall–Kier alpha value is -1.82. The van der Waals surface area contributed by atoms with E-state index in [-0.39, 0.29) is 5.56 Å². The topological polar surface area (TPSA) is 44.1 Å². The van der Waals surface area contributed by atoms with Crippen molar-refractivity contribution in [1.29, 1.82) is 0 Å². The monoisotopic (exact) mass is 374 g/mol. The van der Waals surface area contributed by atoms with E-state index < -0.39 is 0 Å². The summed E-state index contributed by atoms with van der Waals surface area (Å²) in [7, 11) is 0. The summed E-state index contributed by atoms with van der Waals surface area (Å²) in [6.07, 6.45) is 0. The molecule has 0 aliphatic heterocycles. The molecule has 2 aromatic carbocycles. The summed E-state index contributed by atoms with van der Waals surface area (Å²) in [6.45, 7) is 5.23. The number of nitrogens with zero attached hydrogens (tertiary/aromatic N) is 2. The van der Waals surface area contributed by atoms with E-state index in [0.29, 0.717) is 34.3 Å². The number of ether oxygens (including phenoxy) is 1. The van der Waals surface area contributed by atoms with Gasteiger partial charge in [0, 0.05) is 17.4 Å². The van der Waals surface area contributed by atoms with Gasteiger partial charge in [0.1, 0.15) is 0 Å². The molecule has 0 bridgehead atoms. The fraction of sp³-hybridized carbons (Fsp3) is 0.263. The molecule has 4 nitrogen and oxygen atoms in total. The molecule has 0 saturated carbocycles. The van der Waals surface area contributed by atoms with Gasteiger partial charge in [-0.2, -0.15) is 0 Å². The smallest absolute Gasteiger partial charge is 0.266 e. The summed E-state index contributed by atoms with van der Waals surface area (Å²) in [6, 6.07) is 13.0. The van der Waals surface area contributed by atoms with Crippen LogP contribution in [0.3, 0.4) is 0 Å². The molecule has 0 N–H and O–H groups in total. The minimum atomic E-state index is -0.0881. The Morgan fingerprint density at radius 3 is 2.80 bits per heavy atom. The summed E-state index contributed by atoms with van der Waals surface area (Å²) in [4.78, 5) is 17.8. The second-order valence-electron chi connectivity index (χ2n) is 5.53. The summed E-state index contributed by atoms with van der Waals surface area (Å²) < 4.78 is 7.09. The zero-order valence-corrected chi connectivity index (χ0v) is 15.7. The van der Waals surface area contributed by atoms with Gasteiger partial charge < -0.3 is 4.74 Å². The largest absolute Gasteiger partial charge is 0.381 e. The Morgan fingerprint density at radius 1 is 1.24 bits per heavy atom. The average Bonchev–Trinajstić information content (AvgIpc) is 2.60. The van der Waals surface area contributed by atoms with E-state index in [2.05, 4.69) is 0 Å². The van der Waals surface area contributed by atoms with Crippen LogP contribution >= 0.6 is 23.4 Å². The third-order valence-electron chi connectivity index (χ3n) is 3.82. The standard InChI is InChI=1S/C19H19ClN2O2S/c1-3-24-10-11-25-19-21-16-12-14(20)8-9-15(16)18(23)22(19)17-7-5-4-6-13(17)2/h4-9,12H,3,10-11H2,1-2H3. The molecule has 0 spiro atoms. The highest BCUT2D eigenvalue weighted by atomic mass is 35.5. The van der Waals surface area contributed by atoms with Crippen LogP contribution in [-0.2, 0) is 4.74 Å². The molecule has 0 radical (unpaired) electrons. The Kier molecular flexibility index (Phi) is 5.78. The number of fused-ring (bicyclic) bond motifs is 1. The molecule has 25 heavy (non-hydrogen) atoms. The maximum absolute atomic E-state index is 13.1. The van der Waals surface area contributed by atoms with Crippen LogP contribution < -0.4 is 5.56 Å². The number of aryl methyl sites for hydroxylation is 1. The minimum absolute atomic E-state index is 0.0881. The molecular weight excluding hydrogens is 356 g/mol. The third kappa shape index (κ3) is 3.89. The summed E-state index contributed by atoms with van der Waals surface area (Å²) >= 11 is 7.58. The van der Waals surface area contributed by atoms with Crippen LogP contribution in [0.5, 0.6) is 0 Å². The van der Waals surface area contributed by atoms with E-state index >= 15 is 0 Å². The van der Waals surface area contributed by atoms with Crippen molar-refractivity contribution >= 4 is 34.3 Å². The highest BCUT2D eigenvalue weighted by Gasteiger charge is 2.15. The van der Waals surface area contributed by atoms with Gasteiger partial charge in [0.2, 0.25) is 0 Å². The van der Waals surface area contributed by atoms with Crippen molar-refractivity contribution in [3.63, 3.8) is 0 Å². The summed E-state index contributed by atoms with van der Waals surface area (Å²) in [5.41, 5.74) is 2.39. The lowest BCUT2D eigenvalue weighted by atomic mass is 10.2. The molecule has 6 heteroatoms. The van der Waals surface area contributed by atoms with E-state index in [1.165, 1.54) is 11.8 Å². The first kappa shape index (κ1) is 18.0. The molecule has 0 amide bonds. The molecule has 0 saturated heterocycles. The zero-order chi connectivity index (χ0) is 17.8. The number of benzene rings is 2. The highest BCUT2D eigenvalue weighted by molar-refractivity contribution is 7.99. The first-order chi connectivity index (χ1) is 12.1. The van der Waals surface area contributed by atoms with Gasteiger partial charge in [-0.25, -0.2) is 4.98 Å². The van der Waals surface area contributed by atoms with E-state index in [0.717, 1.165) is 17.0 Å². The van der Waals surface area contributed by atoms with Gasteiger partial charge in [-0.05, 0) is 43.7 Å². The van der Waals surface area contributed by atoms with Crippen molar-refractivity contribution in [1.82, 2.24) is 9.55 Å². The lowest BCUT2D eigenvalue weighted by Crippen LogP contribution is -2.22. The van der Waals surface area contributed by atoms with E-state index in [4.69, 9.17) is 21.3 Å². The second-order valence-corrected chi connectivity index (χ2v) is 7.03. The Morgan fingerprint density at radius 2 is 2.04 bits per heavy atom. The van der Waals surface area contributed by atoms with Crippen LogP contribution in [0.15, 0.2) is 52.4 Å². The highest BCUT2D eigenvalue weighted by Crippen LogP contribution is 2.24. The van der Waals surface area contributed by atoms with Crippen LogP contribution in [0.25, 0.3) is 16.6 Å². The number of thioether (sulfide) groups is 1. The van der Waals surface area contributed by atoms with Gasteiger partial charge in [-0.15, -0.1) is 0 Å². The number of hydrogen-bond acceptors (Lipinski definition) is 4. The maximum atomic E-state index is 13.1. The maximum Gasteiger partial charge on any atom is 0.266 e. The van der Waals surface area contributed by atoms with E-state index in [1.807, 2.05) is 38.1 Å². The van der Waals surface area contributed by atoms with Crippen LogP contribution in [-0.4, -0.2) is 28.5 Å². The van der Waals surface area contributed by atoms with Gasteiger partial charge in [0.15, 0.2) is 5.16 Å². The van der Waals surface area contributed by atoms with Gasteiger partial charge in [0.05, 0.1) is 23.2 Å². The van der Waals surface area contributed by atoms with Crippen LogP contribution in [0.1, 0.15) is 12.5 Å². The second kappa shape index (κ2) is 8.04. The summed E-state index contributed by atoms with van der Waals surface area (Å²) in [5.74, 6) is 0.720. The fourth-order valence-corrected chi connectivity index (χ4v) is 3.62. The Labute approximate surface area is 155 Å². The molecule has 130 valence electrons. The van der Waals surface area contributed by atoms with Gasteiger partial charge >= 0.3 is 0 Å². The van der Waals surface area contributed by atoms with Crippen LogP contribution in [0.2, 0.25) is 5.02 Å². The zero-order valence-electron chi connectivity index (χ0n) is 14.2. The molecule has 0 aliphatic carbocycles. The predicted molar refractivity (Wildman–Crippen MR) is 104 cm³/mol. The molecule has 0 atom stereocenters. The molecule has 0 unspecified atom stereocenters. The average molecular weight is 375 g/mol. The number of hydrogen-bond donors (Lipinski definition) is 0. The van der Waals surface area contributed by atoms with Crippen molar-refractivity contribution in [2.24, 2.45) is 0 Å². The lowest BCUT2D eigenvalue weighted by molar-refractivity contribution is 0.164. The first-order valence-corrected chi connectivity index (χ1v) is 9.47. The minimum Gasteiger partial charge on any atom is -0.381 e. The normalized spacial score (nSPS) is 11.2. The molecule has 0 fully saturated rings. The first-order valence-electron chi connectivity index (χ1n) is 8.10. The van der Waals surface area contributed by atoms with Crippen molar-refractivity contribution < 1.29 is 4.74 Å². The molecular formula is C19H19ClN2O2S. The van der Waals surface area contributed by atoms with E-state index in [1.54, 1.807) is 22.8 Å². The number of aromatic nitrogens is 2. The third-order valence-corrected chi connectivity index (χ3v) is 4.96. The number of para-hydroxylation sites is 1. The quantitative estimate of drug-likeness (QED) is 0.362. The molecule has 3 rings (SSSR count). The van der Waals surface area contributed by atoms with Crippen molar-refractivity contribution in [2.75, 3.05) is 19.0 Å². The molecule has 0 aliphatic rings. The van der Waals surface area contributed by atoms with Crippen LogP contribution in [0.4, 0.5) is 0 Å². The van der Waals surface area contributed by atoms with E-state index in [9.17, 15) is 4.79 Å². The van der Waals surface area contributed by atoms with Crippen molar-refractivity contribution in [3.05, 3.63) is 63.4 Å². The predicted octanol–water partition coefficient (Wildman–Crippen LogP) is 4.48. The van der Waals surface area contributed by atoms with Crippen molar-refractivity contribution in [3.8, 4) is 5.69 Å². The SMILES string of the molecule is CCOCCSc1nc2cc(Cl)ccc2c(=O)n1-c1ccccc1C.